The number of hydrogen-bond donors (Lipinski definition) is 2. The molecule has 1 saturated heterocycles. The van der Waals surface area contributed by atoms with Crippen LogP contribution in [0.5, 0.6) is 0 Å². The van der Waals surface area contributed by atoms with Crippen molar-refractivity contribution in [2.75, 3.05) is 37.6 Å². The molecule has 4 heteroatoms. The average molecular weight is 351 g/mol. The van der Waals surface area contributed by atoms with Crippen molar-refractivity contribution >= 4 is 11.6 Å². The van der Waals surface area contributed by atoms with Gasteiger partial charge in [0.2, 0.25) is 5.91 Å². The van der Waals surface area contributed by atoms with Crippen molar-refractivity contribution in [1.82, 2.24) is 10.6 Å². The Bertz CT molecular complexity index is 725. The molecule has 0 bridgehead atoms. The van der Waals surface area contributed by atoms with Crippen LogP contribution in [0.4, 0.5) is 5.69 Å². The zero-order valence-electron chi connectivity index (χ0n) is 15.8. The lowest BCUT2D eigenvalue weighted by atomic mass is 9.75. The van der Waals surface area contributed by atoms with Gasteiger partial charge in [-0.15, -0.1) is 0 Å². The maximum Gasteiger partial charge on any atom is 0.229 e. The number of nitrogens with one attached hydrogen (secondary N) is 2. The van der Waals surface area contributed by atoms with Gasteiger partial charge in [0.05, 0.1) is 5.41 Å². The van der Waals surface area contributed by atoms with E-state index in [2.05, 4.69) is 65.8 Å². The summed E-state index contributed by atoms with van der Waals surface area (Å²) in [5, 5.41) is 6.45. The molecule has 3 rings (SSSR count). The molecule has 1 fully saturated rings. The number of hydrogen-bond acceptors (Lipinski definition) is 3. The number of nitrogens with zero attached hydrogens (tertiary/aromatic N) is 1. The van der Waals surface area contributed by atoms with E-state index in [1.54, 1.807) is 0 Å². The molecule has 0 aromatic heterocycles. The summed E-state index contributed by atoms with van der Waals surface area (Å²) >= 11 is 0. The van der Waals surface area contributed by atoms with Gasteiger partial charge in [-0.25, -0.2) is 0 Å². The zero-order valence-corrected chi connectivity index (χ0v) is 15.8. The fourth-order valence-corrected chi connectivity index (χ4v) is 3.57. The van der Waals surface area contributed by atoms with Crippen LogP contribution < -0.4 is 15.5 Å². The van der Waals surface area contributed by atoms with Gasteiger partial charge < -0.3 is 15.5 Å². The predicted molar refractivity (Wildman–Crippen MR) is 108 cm³/mol. The molecule has 0 aliphatic carbocycles. The van der Waals surface area contributed by atoms with Crippen LogP contribution in [0.2, 0.25) is 0 Å². The Balaban J connectivity index is 1.55. The molecule has 0 radical (unpaired) electrons. The van der Waals surface area contributed by atoms with Crippen LogP contribution in [-0.2, 0) is 11.2 Å². The standard InChI is InChI=1S/C22H29N3O/c1-3-25(20-11-7-8-18(2)14-20)13-12-24-21(26)22(16-23-17-22)15-19-9-5-4-6-10-19/h4-11,14,23H,3,12-13,15-17H2,1-2H3,(H,24,26). The van der Waals surface area contributed by atoms with Gasteiger partial charge in [-0.05, 0) is 43.5 Å². The van der Waals surface area contributed by atoms with E-state index in [9.17, 15) is 4.79 Å². The van der Waals surface area contributed by atoms with Crippen molar-refractivity contribution in [2.45, 2.75) is 20.3 Å². The molecule has 4 nitrogen and oxygen atoms in total. The number of benzene rings is 2. The van der Waals surface area contributed by atoms with Gasteiger partial charge in [-0.1, -0.05) is 42.5 Å². The second kappa shape index (κ2) is 8.37. The molecule has 138 valence electrons. The molecule has 2 aromatic rings. The largest absolute Gasteiger partial charge is 0.370 e. The van der Waals surface area contributed by atoms with Crippen LogP contribution in [-0.4, -0.2) is 38.6 Å². The summed E-state index contributed by atoms with van der Waals surface area (Å²) in [6.07, 6.45) is 0.794. The lowest BCUT2D eigenvalue weighted by Gasteiger charge is -2.41. The highest BCUT2D eigenvalue weighted by Crippen LogP contribution is 2.28. The highest BCUT2D eigenvalue weighted by atomic mass is 16.2. The van der Waals surface area contributed by atoms with Crippen molar-refractivity contribution in [3.8, 4) is 0 Å². The molecule has 1 aliphatic rings. The molecule has 0 unspecified atom stereocenters. The number of anilines is 1. The van der Waals surface area contributed by atoms with Crippen LogP contribution >= 0.6 is 0 Å². The first-order chi connectivity index (χ1) is 12.6. The molecule has 0 saturated carbocycles. The molecule has 1 aliphatic heterocycles. The van der Waals surface area contributed by atoms with E-state index >= 15 is 0 Å². The minimum absolute atomic E-state index is 0.167. The molecule has 1 heterocycles. The van der Waals surface area contributed by atoms with Crippen LogP contribution in [0.3, 0.4) is 0 Å². The third-order valence-corrected chi connectivity index (χ3v) is 5.21. The van der Waals surface area contributed by atoms with Crippen molar-refractivity contribution in [2.24, 2.45) is 5.41 Å². The van der Waals surface area contributed by atoms with Gasteiger partial charge in [0, 0.05) is 38.4 Å². The van der Waals surface area contributed by atoms with Crippen molar-refractivity contribution in [3.63, 3.8) is 0 Å². The smallest absolute Gasteiger partial charge is 0.229 e. The van der Waals surface area contributed by atoms with E-state index in [4.69, 9.17) is 0 Å². The topological polar surface area (TPSA) is 44.4 Å². The number of carbonyl (C=O) groups excluding carboxylic acids is 1. The molecule has 26 heavy (non-hydrogen) atoms. The highest BCUT2D eigenvalue weighted by molar-refractivity contribution is 5.84. The van der Waals surface area contributed by atoms with E-state index < -0.39 is 0 Å². The minimum Gasteiger partial charge on any atom is -0.370 e. The average Bonchev–Trinajstić information content (AvgIpc) is 2.62. The predicted octanol–water partition coefficient (Wildman–Crippen LogP) is 2.77. The number of carbonyl (C=O) groups is 1. The van der Waals surface area contributed by atoms with E-state index in [0.717, 1.165) is 32.6 Å². The zero-order chi connectivity index (χ0) is 18.4. The summed E-state index contributed by atoms with van der Waals surface area (Å²) < 4.78 is 0. The van der Waals surface area contributed by atoms with E-state index in [1.807, 2.05) is 18.2 Å². The van der Waals surface area contributed by atoms with Gasteiger partial charge in [0.15, 0.2) is 0 Å². The van der Waals surface area contributed by atoms with Gasteiger partial charge in [-0.3, -0.25) is 4.79 Å². The number of amides is 1. The molecule has 1 amide bonds. The van der Waals surface area contributed by atoms with Crippen molar-refractivity contribution < 1.29 is 4.79 Å². The quantitative estimate of drug-likeness (QED) is 0.769. The Hall–Kier alpha value is -2.33. The van der Waals surface area contributed by atoms with Crippen molar-refractivity contribution in [3.05, 3.63) is 65.7 Å². The number of rotatable bonds is 8. The Kier molecular flexibility index (Phi) is 5.94. The summed E-state index contributed by atoms with van der Waals surface area (Å²) in [6.45, 7) is 8.17. The Morgan fingerprint density at radius 2 is 1.92 bits per heavy atom. The second-order valence-corrected chi connectivity index (χ2v) is 7.22. The third-order valence-electron chi connectivity index (χ3n) is 5.21. The molecule has 0 atom stereocenters. The van der Waals surface area contributed by atoms with Crippen molar-refractivity contribution in [1.29, 1.82) is 0 Å². The lowest BCUT2D eigenvalue weighted by molar-refractivity contribution is -0.133. The molecule has 2 N–H and O–H groups in total. The Morgan fingerprint density at radius 3 is 2.54 bits per heavy atom. The fraction of sp³-hybridized carbons (Fsp3) is 0.409. The van der Waals surface area contributed by atoms with Crippen LogP contribution in [0.15, 0.2) is 54.6 Å². The van der Waals surface area contributed by atoms with Gasteiger partial charge in [-0.2, -0.15) is 0 Å². The number of likely N-dealkylation sites (N-methyl/N-ethyl adjacent to an activating group) is 1. The highest BCUT2D eigenvalue weighted by Gasteiger charge is 2.43. The lowest BCUT2D eigenvalue weighted by Crippen LogP contribution is -2.63. The second-order valence-electron chi connectivity index (χ2n) is 7.22. The maximum absolute atomic E-state index is 12.8. The fourth-order valence-electron chi connectivity index (χ4n) is 3.57. The van der Waals surface area contributed by atoms with Crippen LogP contribution in [0.1, 0.15) is 18.1 Å². The van der Waals surface area contributed by atoms with E-state index in [1.165, 1.54) is 16.8 Å². The Labute approximate surface area is 156 Å². The van der Waals surface area contributed by atoms with Gasteiger partial charge in [0.25, 0.3) is 0 Å². The Morgan fingerprint density at radius 1 is 1.15 bits per heavy atom. The maximum atomic E-state index is 12.8. The SMILES string of the molecule is CCN(CCNC(=O)C1(Cc2ccccc2)CNC1)c1cccc(C)c1. The van der Waals surface area contributed by atoms with Gasteiger partial charge in [0.1, 0.15) is 0 Å². The van der Waals surface area contributed by atoms with Gasteiger partial charge >= 0.3 is 0 Å². The summed E-state index contributed by atoms with van der Waals surface area (Å²) in [6, 6.07) is 18.8. The molecule has 2 aromatic carbocycles. The summed E-state index contributed by atoms with van der Waals surface area (Å²) in [5.74, 6) is 0.167. The molecule has 0 spiro atoms. The minimum atomic E-state index is -0.304. The molecular weight excluding hydrogens is 322 g/mol. The summed E-state index contributed by atoms with van der Waals surface area (Å²) in [5.41, 5.74) is 3.39. The monoisotopic (exact) mass is 351 g/mol. The van der Waals surface area contributed by atoms with E-state index in [0.29, 0.717) is 6.54 Å². The summed E-state index contributed by atoms with van der Waals surface area (Å²) in [7, 11) is 0. The third kappa shape index (κ3) is 4.25. The molecular formula is C22H29N3O. The first-order valence-corrected chi connectivity index (χ1v) is 9.47. The van der Waals surface area contributed by atoms with E-state index in [-0.39, 0.29) is 11.3 Å². The van der Waals surface area contributed by atoms with Crippen LogP contribution in [0.25, 0.3) is 0 Å². The van der Waals surface area contributed by atoms with Crippen LogP contribution in [0, 0.1) is 12.3 Å². The first-order valence-electron chi connectivity index (χ1n) is 9.47. The first kappa shape index (κ1) is 18.5. The number of aryl methyl sites for hydroxylation is 1. The normalized spacial score (nSPS) is 15.2. The summed E-state index contributed by atoms with van der Waals surface area (Å²) in [4.78, 5) is 15.1.